The number of hydrogen-bond acceptors (Lipinski definition) is 0. The smallest absolute Gasteiger partial charge is 0.0782 e. The van der Waals surface area contributed by atoms with Crippen LogP contribution in [0.2, 0.25) is 0 Å². The fraction of sp³-hybridized carbons (Fsp3) is 1.00. The van der Waals surface area contributed by atoms with Crippen molar-refractivity contribution < 1.29 is 4.48 Å². The highest BCUT2D eigenvalue weighted by atomic mass is 15.3. The normalized spacial score (nSPS) is 12.0. The molecule has 0 saturated carbocycles. The Morgan fingerprint density at radius 1 is 0.900 bits per heavy atom. The first-order valence-corrected chi connectivity index (χ1v) is 4.44. The molecule has 0 saturated heterocycles. The second kappa shape index (κ2) is 4.73. The van der Waals surface area contributed by atoms with Crippen molar-refractivity contribution >= 4 is 0 Å². The van der Waals surface area contributed by atoms with Crippen LogP contribution in [0.4, 0.5) is 0 Å². The van der Waals surface area contributed by atoms with Gasteiger partial charge < -0.3 is 4.48 Å². The van der Waals surface area contributed by atoms with E-state index in [2.05, 4.69) is 27.9 Å². The summed E-state index contributed by atoms with van der Waals surface area (Å²) in [5.74, 6) is 0. The summed E-state index contributed by atoms with van der Waals surface area (Å²) in [7, 11) is 4.64. The molecule has 0 spiro atoms. The molecule has 0 atom stereocenters. The van der Waals surface area contributed by atoms with Crippen molar-refractivity contribution in [2.45, 2.75) is 33.1 Å². The molecule has 0 aliphatic carbocycles. The highest BCUT2D eigenvalue weighted by Gasteiger charge is 2.10. The molecule has 10 heavy (non-hydrogen) atoms. The molecule has 0 unspecified atom stereocenters. The second-order valence-electron chi connectivity index (χ2n) is 3.74. The van der Waals surface area contributed by atoms with Gasteiger partial charge in [-0.25, -0.2) is 0 Å². The van der Waals surface area contributed by atoms with Crippen molar-refractivity contribution in [3.63, 3.8) is 0 Å². The molecule has 0 aromatic heterocycles. The van der Waals surface area contributed by atoms with E-state index in [1.165, 1.54) is 36.8 Å². The Morgan fingerprint density at radius 2 is 1.50 bits per heavy atom. The van der Waals surface area contributed by atoms with E-state index in [0.29, 0.717) is 0 Å². The molecular formula is C9H22N+. The van der Waals surface area contributed by atoms with Gasteiger partial charge in [0.1, 0.15) is 0 Å². The summed E-state index contributed by atoms with van der Waals surface area (Å²) in [4.78, 5) is 0. The Labute approximate surface area is 65.6 Å². The summed E-state index contributed by atoms with van der Waals surface area (Å²) in [5.41, 5.74) is 0. The zero-order chi connectivity index (χ0) is 8.04. The van der Waals surface area contributed by atoms with Crippen molar-refractivity contribution in [3.8, 4) is 0 Å². The van der Waals surface area contributed by atoms with Crippen LogP contribution < -0.4 is 0 Å². The summed E-state index contributed by atoms with van der Waals surface area (Å²) in [6.07, 6.45) is 4.00. The maximum Gasteiger partial charge on any atom is 0.0782 e. The molecule has 0 N–H and O–H groups in total. The molecule has 0 amide bonds. The fourth-order valence-corrected chi connectivity index (χ4v) is 1.30. The summed E-state index contributed by atoms with van der Waals surface area (Å²) in [6.45, 7) is 7.17. The van der Waals surface area contributed by atoms with Gasteiger partial charge in [0.2, 0.25) is 0 Å². The summed E-state index contributed by atoms with van der Waals surface area (Å²) in [5, 5.41) is 0. The average Bonchev–Trinajstić information content (AvgIpc) is 1.84. The quantitative estimate of drug-likeness (QED) is 0.519. The molecule has 1 nitrogen and oxygen atoms in total. The van der Waals surface area contributed by atoms with Gasteiger partial charge in [-0.3, -0.25) is 0 Å². The molecule has 0 aromatic rings. The Kier molecular flexibility index (Phi) is 4.71. The third-order valence-corrected chi connectivity index (χ3v) is 1.95. The second-order valence-corrected chi connectivity index (χ2v) is 3.74. The van der Waals surface area contributed by atoms with Crippen LogP contribution in [0, 0.1) is 0 Å². The summed E-state index contributed by atoms with van der Waals surface area (Å²) >= 11 is 0. The Bertz CT molecular complexity index is 76.8. The zero-order valence-corrected chi connectivity index (χ0v) is 7.98. The van der Waals surface area contributed by atoms with Crippen LogP contribution >= 0.6 is 0 Å². The van der Waals surface area contributed by atoms with E-state index in [1.807, 2.05) is 0 Å². The molecule has 0 heterocycles. The highest BCUT2D eigenvalue weighted by molar-refractivity contribution is 4.34. The first-order chi connectivity index (χ1) is 4.62. The minimum atomic E-state index is 1.20. The Hall–Kier alpha value is -0.0400. The third kappa shape index (κ3) is 4.80. The number of unbranched alkanes of at least 4 members (excludes halogenated alkanes) is 1. The SMILES string of the molecule is CCCC[N+](C)(C)CCC. The van der Waals surface area contributed by atoms with E-state index in [-0.39, 0.29) is 0 Å². The molecular weight excluding hydrogens is 122 g/mol. The van der Waals surface area contributed by atoms with Crippen molar-refractivity contribution in [2.75, 3.05) is 27.2 Å². The fourth-order valence-electron chi connectivity index (χ4n) is 1.30. The van der Waals surface area contributed by atoms with Gasteiger partial charge in [0.05, 0.1) is 27.2 Å². The van der Waals surface area contributed by atoms with Crippen LogP contribution in [-0.4, -0.2) is 31.7 Å². The van der Waals surface area contributed by atoms with Gasteiger partial charge in [-0.1, -0.05) is 20.3 Å². The van der Waals surface area contributed by atoms with Gasteiger partial charge >= 0.3 is 0 Å². The largest absolute Gasteiger partial charge is 0.328 e. The van der Waals surface area contributed by atoms with Crippen LogP contribution in [0.3, 0.4) is 0 Å². The maximum atomic E-state index is 2.32. The topological polar surface area (TPSA) is 0 Å². The molecule has 0 bridgehead atoms. The predicted molar refractivity (Wildman–Crippen MR) is 47.0 cm³/mol. The Balaban J connectivity index is 3.42. The summed E-state index contributed by atoms with van der Waals surface area (Å²) in [6, 6.07) is 0. The van der Waals surface area contributed by atoms with Gasteiger partial charge in [0.25, 0.3) is 0 Å². The molecule has 0 aromatic carbocycles. The van der Waals surface area contributed by atoms with Crippen LogP contribution in [-0.2, 0) is 0 Å². The number of hydrogen-bond donors (Lipinski definition) is 0. The lowest BCUT2D eigenvalue weighted by molar-refractivity contribution is -0.890. The lowest BCUT2D eigenvalue weighted by Crippen LogP contribution is -2.40. The van der Waals surface area contributed by atoms with Crippen LogP contribution in [0.5, 0.6) is 0 Å². The average molecular weight is 144 g/mol. The first-order valence-electron chi connectivity index (χ1n) is 4.44. The molecule has 0 rings (SSSR count). The van der Waals surface area contributed by atoms with E-state index in [9.17, 15) is 0 Å². The van der Waals surface area contributed by atoms with E-state index < -0.39 is 0 Å². The van der Waals surface area contributed by atoms with Gasteiger partial charge in [0, 0.05) is 0 Å². The molecule has 1 heteroatoms. The van der Waals surface area contributed by atoms with E-state index in [4.69, 9.17) is 0 Å². The minimum Gasteiger partial charge on any atom is -0.328 e. The minimum absolute atomic E-state index is 1.20. The lowest BCUT2D eigenvalue weighted by atomic mass is 10.3. The molecule has 0 radical (unpaired) electrons. The van der Waals surface area contributed by atoms with Crippen molar-refractivity contribution in [3.05, 3.63) is 0 Å². The van der Waals surface area contributed by atoms with E-state index in [1.54, 1.807) is 0 Å². The standard InChI is InChI=1S/C9H22N/c1-5-7-9-10(3,4)8-6-2/h5-9H2,1-4H3/q+1. The summed E-state index contributed by atoms with van der Waals surface area (Å²) < 4.78 is 1.20. The third-order valence-electron chi connectivity index (χ3n) is 1.95. The van der Waals surface area contributed by atoms with Gasteiger partial charge in [-0.05, 0) is 12.8 Å². The van der Waals surface area contributed by atoms with Gasteiger partial charge in [-0.2, -0.15) is 0 Å². The van der Waals surface area contributed by atoms with Crippen LogP contribution in [0.25, 0.3) is 0 Å². The monoisotopic (exact) mass is 144 g/mol. The number of nitrogens with zero attached hydrogens (tertiary/aromatic N) is 1. The molecule has 0 aliphatic rings. The van der Waals surface area contributed by atoms with Gasteiger partial charge in [0.15, 0.2) is 0 Å². The Morgan fingerprint density at radius 3 is 1.90 bits per heavy atom. The predicted octanol–water partition coefficient (Wildman–Crippen LogP) is 2.27. The number of rotatable bonds is 5. The maximum absolute atomic E-state index is 2.32. The van der Waals surface area contributed by atoms with E-state index >= 15 is 0 Å². The van der Waals surface area contributed by atoms with Crippen LogP contribution in [0.1, 0.15) is 33.1 Å². The number of quaternary nitrogens is 1. The molecule has 0 aliphatic heterocycles. The van der Waals surface area contributed by atoms with Crippen LogP contribution in [0.15, 0.2) is 0 Å². The first kappa shape index (κ1) is 9.96. The van der Waals surface area contributed by atoms with E-state index in [0.717, 1.165) is 0 Å². The van der Waals surface area contributed by atoms with Crippen molar-refractivity contribution in [2.24, 2.45) is 0 Å². The van der Waals surface area contributed by atoms with Crippen molar-refractivity contribution in [1.82, 2.24) is 0 Å². The molecule has 0 fully saturated rings. The van der Waals surface area contributed by atoms with Gasteiger partial charge in [-0.15, -0.1) is 0 Å². The van der Waals surface area contributed by atoms with Crippen molar-refractivity contribution in [1.29, 1.82) is 0 Å². The highest BCUT2D eigenvalue weighted by Crippen LogP contribution is 2.02. The zero-order valence-electron chi connectivity index (χ0n) is 7.98. The molecule has 62 valence electrons. The lowest BCUT2D eigenvalue weighted by Gasteiger charge is -2.29.